The maximum Gasteiger partial charge on any atom is 0.155 e. The van der Waals surface area contributed by atoms with E-state index in [1.54, 1.807) is 0 Å². The molecule has 3 saturated carbocycles. The fraction of sp³-hybridized carbons (Fsp3) is 0.789. The fourth-order valence-corrected chi connectivity index (χ4v) is 6.24. The first-order chi connectivity index (χ1) is 10.1. The van der Waals surface area contributed by atoms with Gasteiger partial charge in [0.1, 0.15) is 5.78 Å². The van der Waals surface area contributed by atoms with Crippen LogP contribution in [0.15, 0.2) is 12.2 Å². The molecule has 6 atom stereocenters. The molecule has 0 heterocycles. The van der Waals surface area contributed by atoms with Gasteiger partial charge in [-0.05, 0) is 74.2 Å². The van der Waals surface area contributed by atoms with Crippen LogP contribution in [0.25, 0.3) is 0 Å². The molecule has 0 saturated heterocycles. The van der Waals surface area contributed by atoms with Crippen molar-refractivity contribution >= 4 is 11.6 Å². The summed E-state index contributed by atoms with van der Waals surface area (Å²) >= 11 is 0. The third-order valence-corrected chi connectivity index (χ3v) is 7.39. The Balaban J connectivity index is 1.61. The lowest BCUT2D eigenvalue weighted by Gasteiger charge is -2.52. The molecule has 0 N–H and O–H groups in total. The van der Waals surface area contributed by atoms with Crippen LogP contribution in [0.3, 0.4) is 0 Å². The van der Waals surface area contributed by atoms with Crippen molar-refractivity contribution in [2.24, 2.45) is 35.0 Å². The van der Waals surface area contributed by atoms with Crippen molar-refractivity contribution in [2.45, 2.75) is 58.3 Å². The van der Waals surface area contributed by atoms with Crippen molar-refractivity contribution in [2.75, 3.05) is 0 Å². The second-order valence-corrected chi connectivity index (χ2v) is 8.12. The molecule has 3 unspecified atom stereocenters. The summed E-state index contributed by atoms with van der Waals surface area (Å²) in [6, 6.07) is 0. The minimum absolute atomic E-state index is 0.00953. The second-order valence-electron chi connectivity index (χ2n) is 8.12. The average Bonchev–Trinajstić information content (AvgIpc) is 2.66. The Morgan fingerprint density at radius 2 is 1.81 bits per heavy atom. The van der Waals surface area contributed by atoms with Gasteiger partial charge >= 0.3 is 0 Å². The first-order valence-electron chi connectivity index (χ1n) is 8.84. The molecule has 4 aliphatic rings. The molecule has 0 aromatic carbocycles. The van der Waals surface area contributed by atoms with E-state index in [0.29, 0.717) is 29.3 Å². The zero-order valence-corrected chi connectivity index (χ0v) is 13.0. The molecule has 0 aromatic heterocycles. The zero-order valence-electron chi connectivity index (χ0n) is 13.0. The standard InChI is InChI=1S/C19H26O2/c1-19-11-10-15-14-7-5-13(20)4-2-12(14)3-6-16(15)17(19)8-9-18(19)21/h2,4,12,14-17H,3,5-11H2,1H3/t12-,14+,15?,16?,17?,19+/m1/s1. The molecule has 0 spiro atoms. The van der Waals surface area contributed by atoms with Gasteiger partial charge in [0.05, 0.1) is 0 Å². The lowest BCUT2D eigenvalue weighted by molar-refractivity contribution is -0.132. The highest BCUT2D eigenvalue weighted by atomic mass is 16.1. The fourth-order valence-electron chi connectivity index (χ4n) is 6.24. The van der Waals surface area contributed by atoms with Crippen LogP contribution in [0.5, 0.6) is 0 Å². The molecule has 4 rings (SSSR count). The van der Waals surface area contributed by atoms with E-state index in [9.17, 15) is 9.59 Å². The first-order valence-corrected chi connectivity index (χ1v) is 8.84. The smallest absolute Gasteiger partial charge is 0.155 e. The molecule has 0 radical (unpaired) electrons. The van der Waals surface area contributed by atoms with Gasteiger partial charge < -0.3 is 0 Å². The quantitative estimate of drug-likeness (QED) is 0.676. The number of hydrogen-bond donors (Lipinski definition) is 0. The van der Waals surface area contributed by atoms with Gasteiger partial charge in [-0.1, -0.05) is 13.0 Å². The number of allylic oxidation sites excluding steroid dienone is 2. The van der Waals surface area contributed by atoms with Crippen molar-refractivity contribution in [1.29, 1.82) is 0 Å². The van der Waals surface area contributed by atoms with Crippen LogP contribution >= 0.6 is 0 Å². The minimum Gasteiger partial charge on any atom is -0.299 e. The summed E-state index contributed by atoms with van der Waals surface area (Å²) < 4.78 is 0. The maximum atomic E-state index is 12.3. The van der Waals surface area contributed by atoms with E-state index >= 15 is 0 Å². The van der Waals surface area contributed by atoms with Crippen molar-refractivity contribution < 1.29 is 9.59 Å². The van der Waals surface area contributed by atoms with Gasteiger partial charge in [0, 0.05) is 18.3 Å². The zero-order chi connectivity index (χ0) is 14.6. The van der Waals surface area contributed by atoms with Gasteiger partial charge in [-0.25, -0.2) is 0 Å². The topological polar surface area (TPSA) is 34.1 Å². The number of hydrogen-bond acceptors (Lipinski definition) is 2. The predicted octanol–water partition coefficient (Wildman–Crippen LogP) is 3.94. The number of rotatable bonds is 0. The number of carbonyl (C=O) groups excluding carboxylic acids is 2. The highest BCUT2D eigenvalue weighted by molar-refractivity contribution is 5.90. The van der Waals surface area contributed by atoms with Crippen LogP contribution in [-0.4, -0.2) is 11.6 Å². The summed E-state index contributed by atoms with van der Waals surface area (Å²) in [4.78, 5) is 24.1. The third-order valence-electron chi connectivity index (χ3n) is 7.39. The molecule has 3 fully saturated rings. The van der Waals surface area contributed by atoms with E-state index in [0.717, 1.165) is 43.9 Å². The van der Waals surface area contributed by atoms with Crippen LogP contribution in [-0.2, 0) is 9.59 Å². The normalized spacial score (nSPS) is 49.3. The van der Waals surface area contributed by atoms with E-state index in [4.69, 9.17) is 0 Å². The Bertz CT molecular complexity index is 506. The van der Waals surface area contributed by atoms with Crippen molar-refractivity contribution in [3.63, 3.8) is 0 Å². The van der Waals surface area contributed by atoms with Crippen LogP contribution in [0.4, 0.5) is 0 Å². The summed E-state index contributed by atoms with van der Waals surface area (Å²) in [5.74, 6) is 4.32. The summed E-state index contributed by atoms with van der Waals surface area (Å²) in [5.41, 5.74) is -0.00953. The van der Waals surface area contributed by atoms with E-state index in [1.165, 1.54) is 19.3 Å². The summed E-state index contributed by atoms with van der Waals surface area (Å²) in [5, 5.41) is 0. The average molecular weight is 286 g/mol. The van der Waals surface area contributed by atoms with Gasteiger partial charge in [-0.3, -0.25) is 9.59 Å². The van der Waals surface area contributed by atoms with Crippen molar-refractivity contribution in [3.8, 4) is 0 Å². The number of ketones is 2. The summed E-state index contributed by atoms with van der Waals surface area (Å²) in [7, 11) is 0. The monoisotopic (exact) mass is 286 g/mol. The molecule has 21 heavy (non-hydrogen) atoms. The van der Waals surface area contributed by atoms with E-state index in [2.05, 4.69) is 13.0 Å². The van der Waals surface area contributed by atoms with Gasteiger partial charge in [0.2, 0.25) is 0 Å². The molecule has 4 aliphatic carbocycles. The van der Waals surface area contributed by atoms with E-state index < -0.39 is 0 Å². The largest absolute Gasteiger partial charge is 0.299 e. The molecule has 0 aliphatic heterocycles. The molecular weight excluding hydrogens is 260 g/mol. The Hall–Kier alpha value is -0.920. The second kappa shape index (κ2) is 4.79. The van der Waals surface area contributed by atoms with Gasteiger partial charge in [0.25, 0.3) is 0 Å². The molecule has 114 valence electrons. The maximum absolute atomic E-state index is 12.3. The van der Waals surface area contributed by atoms with Crippen LogP contribution in [0.1, 0.15) is 58.3 Å². The Kier molecular flexibility index (Phi) is 3.13. The lowest BCUT2D eigenvalue weighted by atomic mass is 9.52. The molecular formula is C19H26O2. The minimum atomic E-state index is -0.00953. The van der Waals surface area contributed by atoms with E-state index in [-0.39, 0.29) is 5.41 Å². The molecule has 2 heteroatoms. The predicted molar refractivity (Wildman–Crippen MR) is 81.6 cm³/mol. The molecule has 2 nitrogen and oxygen atoms in total. The van der Waals surface area contributed by atoms with Gasteiger partial charge in [-0.15, -0.1) is 0 Å². The third kappa shape index (κ3) is 1.98. The van der Waals surface area contributed by atoms with Crippen LogP contribution in [0.2, 0.25) is 0 Å². The first kappa shape index (κ1) is 13.7. The molecule has 0 bridgehead atoms. The highest BCUT2D eigenvalue weighted by Crippen LogP contribution is 2.60. The van der Waals surface area contributed by atoms with Gasteiger partial charge in [0.15, 0.2) is 5.78 Å². The van der Waals surface area contributed by atoms with Gasteiger partial charge in [-0.2, -0.15) is 0 Å². The summed E-state index contributed by atoms with van der Waals surface area (Å²) in [6.07, 6.45) is 12.6. The number of fused-ring (bicyclic) bond motifs is 5. The SMILES string of the molecule is C[C@]12CCC3C(CC[C@H]4C=CC(=O)CC[C@H]34)C1CCC2=O. The lowest BCUT2D eigenvalue weighted by Crippen LogP contribution is -2.47. The highest BCUT2D eigenvalue weighted by Gasteiger charge is 2.56. The molecule has 0 amide bonds. The molecule has 0 aromatic rings. The Morgan fingerprint density at radius 3 is 2.67 bits per heavy atom. The van der Waals surface area contributed by atoms with Crippen molar-refractivity contribution in [3.05, 3.63) is 12.2 Å². The van der Waals surface area contributed by atoms with E-state index in [1.807, 2.05) is 6.08 Å². The summed E-state index contributed by atoms with van der Waals surface area (Å²) in [6.45, 7) is 2.24. The number of Topliss-reactive ketones (excluding diaryl/α,β-unsaturated/α-hetero) is 1. The van der Waals surface area contributed by atoms with Crippen molar-refractivity contribution in [1.82, 2.24) is 0 Å². The van der Waals surface area contributed by atoms with Crippen LogP contribution in [0, 0.1) is 35.0 Å². The van der Waals surface area contributed by atoms with Crippen LogP contribution < -0.4 is 0 Å². The Morgan fingerprint density at radius 1 is 0.952 bits per heavy atom. The number of carbonyl (C=O) groups is 2. The Labute approximate surface area is 127 Å².